The second-order valence-corrected chi connectivity index (χ2v) is 7.50. The van der Waals surface area contributed by atoms with Crippen LogP contribution in [0.4, 0.5) is 5.82 Å². The number of methoxy groups -OCH3 is 1. The van der Waals surface area contributed by atoms with Gasteiger partial charge in [0.1, 0.15) is 5.82 Å². The van der Waals surface area contributed by atoms with Crippen molar-refractivity contribution in [1.29, 1.82) is 0 Å². The third-order valence-electron chi connectivity index (χ3n) is 3.82. The monoisotopic (exact) mass is 406 g/mol. The molecule has 8 nitrogen and oxygen atoms in total. The minimum absolute atomic E-state index is 0.00950. The zero-order chi connectivity index (χ0) is 19.1. The molecule has 2 N–H and O–H groups in total. The van der Waals surface area contributed by atoms with Crippen molar-refractivity contribution in [1.82, 2.24) is 25.1 Å². The molecule has 3 aromatic heterocycles. The number of aromatic nitrogens is 4. The first kappa shape index (κ1) is 19.6. The Balaban J connectivity index is 1.65. The van der Waals surface area contributed by atoms with Gasteiger partial charge >= 0.3 is 0 Å². The maximum atomic E-state index is 12.0. The molecule has 3 aromatic rings. The molecule has 0 bridgehead atoms. The van der Waals surface area contributed by atoms with Crippen molar-refractivity contribution in [3.8, 4) is 0 Å². The molecule has 0 fully saturated rings. The fraction of sp³-hybridized carbons (Fsp3) is 0.412. The maximum Gasteiger partial charge on any atom is 0.225 e. The van der Waals surface area contributed by atoms with Crippen LogP contribution in [0.2, 0.25) is 0 Å². The molecule has 0 radical (unpaired) electrons. The predicted octanol–water partition coefficient (Wildman–Crippen LogP) is 2.03. The molecular formula is C17H22N6O2S2. The van der Waals surface area contributed by atoms with Gasteiger partial charge in [0.15, 0.2) is 10.8 Å². The summed E-state index contributed by atoms with van der Waals surface area (Å²) in [6, 6.07) is 3.91. The van der Waals surface area contributed by atoms with E-state index < -0.39 is 0 Å². The number of ether oxygens (including phenoxy) is 1. The lowest BCUT2D eigenvalue weighted by Crippen LogP contribution is -2.28. The number of nitrogens with one attached hydrogen (secondary N) is 2. The quantitative estimate of drug-likeness (QED) is 0.302. The van der Waals surface area contributed by atoms with Crippen LogP contribution in [-0.2, 0) is 22.5 Å². The van der Waals surface area contributed by atoms with E-state index in [0.29, 0.717) is 37.8 Å². The summed E-state index contributed by atoms with van der Waals surface area (Å²) in [5.41, 5.74) is 0.752. The standard InChI is InChI=1S/C17H22N6O2S2/c1-25-8-6-19-15-13-11-20-23(16(13)22-17(21-15)26-2)7-5-18-14(24)10-12-4-3-9-27-12/h3-4,9,11H,5-8,10H2,1-2H3,(H,18,24)(H,19,21,22). The van der Waals surface area contributed by atoms with E-state index in [1.54, 1.807) is 29.3 Å². The molecule has 0 aliphatic heterocycles. The summed E-state index contributed by atoms with van der Waals surface area (Å²) in [5.74, 6) is 0.754. The zero-order valence-electron chi connectivity index (χ0n) is 15.3. The number of hydrogen-bond donors (Lipinski definition) is 2. The summed E-state index contributed by atoms with van der Waals surface area (Å²) >= 11 is 3.06. The summed E-state index contributed by atoms with van der Waals surface area (Å²) in [6.45, 7) is 2.28. The van der Waals surface area contributed by atoms with Crippen molar-refractivity contribution >= 4 is 45.9 Å². The maximum absolute atomic E-state index is 12.0. The van der Waals surface area contributed by atoms with Gasteiger partial charge in [0.2, 0.25) is 5.91 Å². The van der Waals surface area contributed by atoms with Crippen LogP contribution < -0.4 is 10.6 Å². The largest absolute Gasteiger partial charge is 0.383 e. The van der Waals surface area contributed by atoms with E-state index in [1.807, 2.05) is 23.8 Å². The summed E-state index contributed by atoms with van der Waals surface area (Å²) in [4.78, 5) is 22.2. The van der Waals surface area contributed by atoms with Gasteiger partial charge in [-0.15, -0.1) is 11.3 Å². The molecule has 0 aromatic carbocycles. The van der Waals surface area contributed by atoms with Gasteiger partial charge in [-0.3, -0.25) is 4.79 Å². The minimum atomic E-state index is 0.00950. The number of carbonyl (C=O) groups is 1. The first-order valence-corrected chi connectivity index (χ1v) is 10.6. The van der Waals surface area contributed by atoms with Gasteiger partial charge in [-0.1, -0.05) is 17.8 Å². The average molecular weight is 407 g/mol. The summed E-state index contributed by atoms with van der Waals surface area (Å²) < 4.78 is 6.87. The number of fused-ring (bicyclic) bond motifs is 1. The summed E-state index contributed by atoms with van der Waals surface area (Å²) in [7, 11) is 1.66. The number of anilines is 1. The van der Waals surface area contributed by atoms with E-state index in [9.17, 15) is 4.79 Å². The molecule has 0 saturated heterocycles. The molecule has 3 heterocycles. The van der Waals surface area contributed by atoms with Crippen LogP contribution in [0.5, 0.6) is 0 Å². The number of nitrogens with zero attached hydrogens (tertiary/aromatic N) is 4. The Labute approximate surface area is 165 Å². The molecule has 0 spiro atoms. The molecule has 1 amide bonds. The number of thiophene rings is 1. The van der Waals surface area contributed by atoms with E-state index in [4.69, 9.17) is 4.74 Å². The molecule has 0 saturated carbocycles. The van der Waals surface area contributed by atoms with Crippen molar-refractivity contribution in [2.75, 3.05) is 38.4 Å². The minimum Gasteiger partial charge on any atom is -0.383 e. The van der Waals surface area contributed by atoms with Crippen LogP contribution in [0.25, 0.3) is 11.0 Å². The van der Waals surface area contributed by atoms with Crippen LogP contribution in [0, 0.1) is 0 Å². The molecule has 10 heteroatoms. The van der Waals surface area contributed by atoms with E-state index in [0.717, 1.165) is 21.7 Å². The van der Waals surface area contributed by atoms with Crippen LogP contribution >= 0.6 is 23.1 Å². The Hall–Kier alpha value is -2.17. The Bertz CT molecular complexity index is 881. The normalized spacial score (nSPS) is 11.0. The smallest absolute Gasteiger partial charge is 0.225 e. The first-order chi connectivity index (χ1) is 13.2. The predicted molar refractivity (Wildman–Crippen MR) is 109 cm³/mol. The Morgan fingerprint density at radius 2 is 2.26 bits per heavy atom. The Kier molecular flexibility index (Phi) is 7.02. The number of carbonyl (C=O) groups excluding carboxylic acids is 1. The van der Waals surface area contributed by atoms with Crippen molar-refractivity contribution in [3.63, 3.8) is 0 Å². The van der Waals surface area contributed by atoms with Gasteiger partial charge in [0, 0.05) is 25.1 Å². The van der Waals surface area contributed by atoms with Crippen LogP contribution in [0.1, 0.15) is 4.88 Å². The second-order valence-electron chi connectivity index (χ2n) is 5.69. The lowest BCUT2D eigenvalue weighted by Gasteiger charge is -2.09. The Morgan fingerprint density at radius 3 is 3.00 bits per heavy atom. The zero-order valence-corrected chi connectivity index (χ0v) is 16.9. The van der Waals surface area contributed by atoms with Crippen LogP contribution in [0.15, 0.2) is 28.9 Å². The third-order valence-corrected chi connectivity index (χ3v) is 5.24. The molecule has 0 aliphatic carbocycles. The Morgan fingerprint density at radius 1 is 1.37 bits per heavy atom. The fourth-order valence-electron chi connectivity index (χ4n) is 2.53. The van der Waals surface area contributed by atoms with Crippen LogP contribution in [0.3, 0.4) is 0 Å². The second kappa shape index (κ2) is 9.67. The molecule has 0 aliphatic rings. The lowest BCUT2D eigenvalue weighted by atomic mass is 10.3. The molecule has 144 valence electrons. The molecular weight excluding hydrogens is 384 g/mol. The van der Waals surface area contributed by atoms with Gasteiger partial charge in [-0.05, 0) is 17.7 Å². The summed E-state index contributed by atoms with van der Waals surface area (Å²) in [5, 5.41) is 14.1. The number of amides is 1. The fourth-order valence-corrected chi connectivity index (χ4v) is 3.60. The molecule has 0 unspecified atom stereocenters. The summed E-state index contributed by atoms with van der Waals surface area (Å²) in [6.07, 6.45) is 4.09. The topological polar surface area (TPSA) is 94.0 Å². The van der Waals surface area contributed by atoms with Crippen molar-refractivity contribution in [2.24, 2.45) is 0 Å². The van der Waals surface area contributed by atoms with Crippen molar-refractivity contribution < 1.29 is 9.53 Å². The highest BCUT2D eigenvalue weighted by Crippen LogP contribution is 2.23. The average Bonchev–Trinajstić information content (AvgIpc) is 3.32. The highest BCUT2D eigenvalue weighted by molar-refractivity contribution is 7.98. The van der Waals surface area contributed by atoms with Gasteiger partial charge < -0.3 is 15.4 Å². The van der Waals surface area contributed by atoms with E-state index in [1.165, 1.54) is 11.8 Å². The van der Waals surface area contributed by atoms with Gasteiger partial charge in [-0.2, -0.15) is 5.10 Å². The SMILES string of the molecule is COCCNc1nc(SC)nc2c1cnn2CCNC(=O)Cc1cccs1. The van der Waals surface area contributed by atoms with Gasteiger partial charge in [0.05, 0.1) is 31.2 Å². The number of thioether (sulfide) groups is 1. The van der Waals surface area contributed by atoms with E-state index >= 15 is 0 Å². The lowest BCUT2D eigenvalue weighted by molar-refractivity contribution is -0.120. The number of rotatable bonds is 10. The van der Waals surface area contributed by atoms with Crippen LogP contribution in [-0.4, -0.2) is 58.7 Å². The van der Waals surface area contributed by atoms with Crippen molar-refractivity contribution in [2.45, 2.75) is 18.1 Å². The molecule has 0 atom stereocenters. The van der Waals surface area contributed by atoms with E-state index in [-0.39, 0.29) is 5.91 Å². The highest BCUT2D eigenvalue weighted by Gasteiger charge is 2.13. The third kappa shape index (κ3) is 5.18. The highest BCUT2D eigenvalue weighted by atomic mass is 32.2. The van der Waals surface area contributed by atoms with Gasteiger partial charge in [-0.25, -0.2) is 14.6 Å². The van der Waals surface area contributed by atoms with Crippen molar-refractivity contribution in [3.05, 3.63) is 28.6 Å². The van der Waals surface area contributed by atoms with Gasteiger partial charge in [0.25, 0.3) is 0 Å². The number of hydrogen-bond acceptors (Lipinski definition) is 8. The molecule has 27 heavy (non-hydrogen) atoms. The first-order valence-electron chi connectivity index (χ1n) is 8.50. The van der Waals surface area contributed by atoms with E-state index in [2.05, 4.69) is 25.7 Å². The molecule has 3 rings (SSSR count).